The second-order valence-electron chi connectivity index (χ2n) is 8.70. The van der Waals surface area contributed by atoms with Gasteiger partial charge in [-0.25, -0.2) is 0 Å². The van der Waals surface area contributed by atoms with Gasteiger partial charge in [-0.2, -0.15) is 23.0 Å². The maximum atomic E-state index is 13.7. The molecule has 0 bridgehead atoms. The molecule has 1 aliphatic carbocycles. The van der Waals surface area contributed by atoms with E-state index in [2.05, 4.69) is 5.10 Å². The second kappa shape index (κ2) is 9.42. The van der Waals surface area contributed by atoms with Crippen molar-refractivity contribution in [2.75, 3.05) is 14.1 Å². The lowest BCUT2D eigenvalue weighted by atomic mass is 9.87. The minimum Gasteiger partial charge on any atom is -0.481 e. The van der Waals surface area contributed by atoms with Crippen molar-refractivity contribution < 1.29 is 32.7 Å². The van der Waals surface area contributed by atoms with Crippen LogP contribution in [0.25, 0.3) is 16.5 Å². The molecule has 0 saturated heterocycles. The number of rotatable bonds is 4. The molecule has 4 rings (SSSR count). The molecule has 1 heterocycles. The van der Waals surface area contributed by atoms with Crippen molar-refractivity contribution in [1.29, 1.82) is 0 Å². The zero-order valence-electron chi connectivity index (χ0n) is 19.3. The van der Waals surface area contributed by atoms with E-state index in [9.17, 15) is 32.7 Å². The van der Waals surface area contributed by atoms with Crippen molar-refractivity contribution in [2.24, 2.45) is 5.92 Å². The lowest BCUT2D eigenvalue weighted by molar-refractivity contribution is -0.142. The van der Waals surface area contributed by atoms with Gasteiger partial charge < -0.3 is 10.0 Å². The van der Waals surface area contributed by atoms with Crippen molar-refractivity contribution in [2.45, 2.75) is 25.4 Å². The molecular formula is C25H21ClF3N3O4. The SMILES string of the molecule is CN(C)C(=O)c1ccc2c(C3=CCC(C(=O)O)CC3)nn(C(=O)c3c(Cl)cccc3C(F)(F)F)c2c1. The molecule has 2 aromatic carbocycles. The average molecular weight is 520 g/mol. The van der Waals surface area contributed by atoms with Crippen LogP contribution >= 0.6 is 11.6 Å². The van der Waals surface area contributed by atoms with Crippen LogP contribution in [-0.2, 0) is 11.0 Å². The lowest BCUT2D eigenvalue weighted by Gasteiger charge is -2.17. The van der Waals surface area contributed by atoms with Crippen LogP contribution in [0, 0.1) is 5.92 Å². The number of aliphatic carboxylic acids is 1. The highest BCUT2D eigenvalue weighted by molar-refractivity contribution is 6.34. The first-order valence-electron chi connectivity index (χ1n) is 11.0. The van der Waals surface area contributed by atoms with Gasteiger partial charge >= 0.3 is 12.1 Å². The number of benzene rings is 2. The quantitative estimate of drug-likeness (QED) is 0.500. The Morgan fingerprint density at radius 2 is 1.89 bits per heavy atom. The molecule has 3 aromatic rings. The zero-order chi connectivity index (χ0) is 26.4. The standard InChI is InChI=1S/C25H21ClF3N3O4/c1-31(2)22(33)15-10-11-16-19(12-15)32(30-21(16)13-6-8-14(9-7-13)24(35)36)23(34)20-17(25(27,28)29)4-3-5-18(20)26/h3-6,10-12,14H,7-9H2,1-2H3,(H,35,36). The van der Waals surface area contributed by atoms with Crippen molar-refractivity contribution >= 4 is 45.9 Å². The molecule has 1 amide bonds. The maximum absolute atomic E-state index is 13.7. The minimum absolute atomic E-state index is 0.136. The summed E-state index contributed by atoms with van der Waals surface area (Å²) in [5.74, 6) is -2.93. The number of allylic oxidation sites excluding steroid dienone is 2. The van der Waals surface area contributed by atoms with Crippen LogP contribution in [0.4, 0.5) is 13.2 Å². The van der Waals surface area contributed by atoms with Crippen LogP contribution < -0.4 is 0 Å². The van der Waals surface area contributed by atoms with Gasteiger partial charge in [0.1, 0.15) is 0 Å². The normalized spacial score (nSPS) is 16.1. The number of carbonyl (C=O) groups excluding carboxylic acids is 2. The molecule has 7 nitrogen and oxygen atoms in total. The third kappa shape index (κ3) is 4.60. The molecule has 36 heavy (non-hydrogen) atoms. The number of carboxylic acids is 1. The summed E-state index contributed by atoms with van der Waals surface area (Å²) in [6, 6.07) is 7.59. The van der Waals surface area contributed by atoms with E-state index in [4.69, 9.17) is 11.6 Å². The highest BCUT2D eigenvalue weighted by atomic mass is 35.5. The summed E-state index contributed by atoms with van der Waals surface area (Å²) in [5.41, 5.74) is -0.594. The fraction of sp³-hybridized carbons (Fsp3) is 0.280. The van der Waals surface area contributed by atoms with Gasteiger partial charge in [0.2, 0.25) is 0 Å². The first-order chi connectivity index (χ1) is 16.9. The summed E-state index contributed by atoms with van der Waals surface area (Å²) >= 11 is 6.07. The Morgan fingerprint density at radius 3 is 2.47 bits per heavy atom. The Balaban J connectivity index is 1.93. The first-order valence-corrected chi connectivity index (χ1v) is 11.3. The van der Waals surface area contributed by atoms with E-state index in [-0.39, 0.29) is 28.4 Å². The number of hydrogen-bond donors (Lipinski definition) is 1. The van der Waals surface area contributed by atoms with E-state index in [0.717, 1.165) is 16.8 Å². The van der Waals surface area contributed by atoms with Crippen molar-refractivity contribution in [3.8, 4) is 0 Å². The van der Waals surface area contributed by atoms with E-state index in [1.165, 1.54) is 17.0 Å². The number of halogens is 4. The van der Waals surface area contributed by atoms with Crippen LogP contribution in [-0.4, -0.2) is 51.7 Å². The van der Waals surface area contributed by atoms with Gasteiger partial charge in [-0.1, -0.05) is 23.7 Å². The Hall–Kier alpha value is -3.66. The summed E-state index contributed by atoms with van der Waals surface area (Å²) in [7, 11) is 3.09. The number of alkyl halides is 3. The monoisotopic (exact) mass is 519 g/mol. The highest BCUT2D eigenvalue weighted by Gasteiger charge is 2.37. The van der Waals surface area contributed by atoms with Crippen molar-refractivity contribution in [3.05, 3.63) is 69.9 Å². The maximum Gasteiger partial charge on any atom is 0.417 e. The fourth-order valence-corrected chi connectivity index (χ4v) is 4.51. The van der Waals surface area contributed by atoms with Crippen LogP contribution in [0.5, 0.6) is 0 Å². The molecule has 0 spiro atoms. The van der Waals surface area contributed by atoms with E-state index in [1.54, 1.807) is 32.3 Å². The Labute approximate surface area is 208 Å². The van der Waals surface area contributed by atoms with Crippen molar-refractivity contribution in [3.63, 3.8) is 0 Å². The highest BCUT2D eigenvalue weighted by Crippen LogP contribution is 2.38. The van der Waals surface area contributed by atoms with Gasteiger partial charge in [0, 0.05) is 25.0 Å². The molecule has 1 aliphatic rings. The Morgan fingerprint density at radius 1 is 1.17 bits per heavy atom. The molecular weight excluding hydrogens is 499 g/mol. The number of hydrogen-bond acceptors (Lipinski definition) is 4. The summed E-state index contributed by atoms with van der Waals surface area (Å²) in [5, 5.41) is 13.7. The number of amides is 1. The molecule has 1 atom stereocenters. The average Bonchev–Trinajstić information content (AvgIpc) is 3.21. The van der Waals surface area contributed by atoms with Crippen LogP contribution in [0.3, 0.4) is 0 Å². The molecule has 1 N–H and O–H groups in total. The number of nitrogens with zero attached hydrogens (tertiary/aromatic N) is 3. The Bertz CT molecular complexity index is 1430. The first kappa shape index (κ1) is 25.4. The summed E-state index contributed by atoms with van der Waals surface area (Å²) in [6.07, 6.45) is -2.16. The summed E-state index contributed by atoms with van der Waals surface area (Å²) in [4.78, 5) is 38.7. The minimum atomic E-state index is -4.84. The number of carbonyl (C=O) groups is 3. The Kier molecular flexibility index (Phi) is 6.66. The predicted molar refractivity (Wildman–Crippen MR) is 127 cm³/mol. The number of fused-ring (bicyclic) bond motifs is 1. The molecule has 0 fully saturated rings. The van der Waals surface area contributed by atoms with Gasteiger partial charge in [0.25, 0.3) is 11.8 Å². The number of carboxylic acid groups (broad SMARTS) is 1. The molecule has 1 aromatic heterocycles. The largest absolute Gasteiger partial charge is 0.481 e. The molecule has 0 radical (unpaired) electrons. The van der Waals surface area contributed by atoms with Crippen molar-refractivity contribution in [1.82, 2.24) is 14.7 Å². The smallest absolute Gasteiger partial charge is 0.417 e. The third-order valence-electron chi connectivity index (χ3n) is 6.12. The second-order valence-corrected chi connectivity index (χ2v) is 9.10. The topological polar surface area (TPSA) is 92.5 Å². The van der Waals surface area contributed by atoms with Crippen LogP contribution in [0.15, 0.2) is 42.5 Å². The van der Waals surface area contributed by atoms with Crippen LogP contribution in [0.2, 0.25) is 5.02 Å². The molecule has 11 heteroatoms. The molecule has 188 valence electrons. The fourth-order valence-electron chi connectivity index (χ4n) is 4.26. The van der Waals surface area contributed by atoms with Gasteiger partial charge in [-0.05, 0) is 55.2 Å². The molecule has 1 unspecified atom stereocenters. The van der Waals surface area contributed by atoms with Gasteiger partial charge in [0.15, 0.2) is 0 Å². The lowest BCUT2D eigenvalue weighted by Crippen LogP contribution is -2.22. The van der Waals surface area contributed by atoms with Gasteiger partial charge in [-0.15, -0.1) is 0 Å². The van der Waals surface area contributed by atoms with E-state index < -0.39 is 35.1 Å². The predicted octanol–water partition coefficient (Wildman–Crippen LogP) is 5.37. The molecule has 0 aliphatic heterocycles. The van der Waals surface area contributed by atoms with E-state index in [0.29, 0.717) is 29.5 Å². The zero-order valence-corrected chi connectivity index (χ0v) is 20.0. The number of aromatic nitrogens is 2. The molecule has 0 saturated carbocycles. The van der Waals surface area contributed by atoms with Crippen LogP contribution in [0.1, 0.15) is 51.2 Å². The van der Waals surface area contributed by atoms with Gasteiger partial charge in [0.05, 0.1) is 33.3 Å². The summed E-state index contributed by atoms with van der Waals surface area (Å²) < 4.78 is 42.0. The van der Waals surface area contributed by atoms with E-state index >= 15 is 0 Å². The van der Waals surface area contributed by atoms with E-state index in [1.807, 2.05) is 0 Å². The van der Waals surface area contributed by atoms with Gasteiger partial charge in [-0.3, -0.25) is 14.4 Å². The third-order valence-corrected chi connectivity index (χ3v) is 6.44. The summed E-state index contributed by atoms with van der Waals surface area (Å²) in [6.45, 7) is 0.